The van der Waals surface area contributed by atoms with Crippen LogP contribution in [0, 0.1) is 0 Å². The number of nitrogens with one attached hydrogen (secondary N) is 1. The zero-order valence-electron chi connectivity index (χ0n) is 11.3. The molecule has 2 unspecified atom stereocenters. The Balaban J connectivity index is 2.55. The van der Waals surface area contributed by atoms with E-state index in [1.165, 1.54) is 0 Å². The van der Waals surface area contributed by atoms with Crippen LogP contribution < -0.4 is 11.1 Å². The average Bonchev–Trinajstić information content (AvgIpc) is 2.39. The van der Waals surface area contributed by atoms with E-state index in [1.54, 1.807) is 18.7 Å². The van der Waals surface area contributed by atoms with Gasteiger partial charge in [0.25, 0.3) is 0 Å². The van der Waals surface area contributed by atoms with Crippen LogP contribution in [0.15, 0.2) is 30.3 Å². The molecule has 2 atom stereocenters. The Labute approximate surface area is 114 Å². The van der Waals surface area contributed by atoms with Crippen molar-refractivity contribution in [3.63, 3.8) is 0 Å². The van der Waals surface area contributed by atoms with Crippen LogP contribution >= 0.6 is 11.8 Å². The minimum atomic E-state index is -0.968. The summed E-state index contributed by atoms with van der Waals surface area (Å²) >= 11 is 1.80. The minimum Gasteiger partial charge on any atom is -0.354 e. The van der Waals surface area contributed by atoms with Crippen LogP contribution in [-0.2, 0) is 10.3 Å². The Morgan fingerprint density at radius 2 is 2.06 bits per heavy atom. The second-order valence-electron chi connectivity index (χ2n) is 4.66. The molecule has 1 amide bonds. The second kappa shape index (κ2) is 6.81. The van der Waals surface area contributed by atoms with Crippen LogP contribution in [0.1, 0.15) is 25.8 Å². The van der Waals surface area contributed by atoms with Crippen LogP contribution in [0.3, 0.4) is 0 Å². The number of hydrogen-bond donors (Lipinski definition) is 2. The van der Waals surface area contributed by atoms with Crippen molar-refractivity contribution in [3.05, 3.63) is 35.9 Å². The van der Waals surface area contributed by atoms with Gasteiger partial charge in [0.1, 0.15) is 5.54 Å². The van der Waals surface area contributed by atoms with Crippen molar-refractivity contribution in [1.29, 1.82) is 0 Å². The lowest BCUT2D eigenvalue weighted by Crippen LogP contribution is -2.49. The Morgan fingerprint density at radius 3 is 2.61 bits per heavy atom. The SMILES string of the molecule is CSC(C)CCNC(=O)C(C)(N)c1ccccc1. The number of thioether (sulfide) groups is 1. The molecule has 18 heavy (non-hydrogen) atoms. The summed E-state index contributed by atoms with van der Waals surface area (Å²) in [6, 6.07) is 9.46. The molecule has 1 aromatic carbocycles. The van der Waals surface area contributed by atoms with E-state index < -0.39 is 5.54 Å². The molecule has 100 valence electrons. The highest BCUT2D eigenvalue weighted by molar-refractivity contribution is 7.99. The van der Waals surface area contributed by atoms with E-state index in [2.05, 4.69) is 18.5 Å². The number of hydrogen-bond acceptors (Lipinski definition) is 3. The fourth-order valence-electron chi connectivity index (χ4n) is 1.61. The topological polar surface area (TPSA) is 55.1 Å². The van der Waals surface area contributed by atoms with Crippen molar-refractivity contribution >= 4 is 17.7 Å². The molecule has 0 aliphatic rings. The summed E-state index contributed by atoms with van der Waals surface area (Å²) < 4.78 is 0. The number of amides is 1. The Morgan fingerprint density at radius 1 is 1.44 bits per heavy atom. The van der Waals surface area contributed by atoms with E-state index in [0.29, 0.717) is 11.8 Å². The first-order chi connectivity index (χ1) is 8.48. The van der Waals surface area contributed by atoms with Gasteiger partial charge in [0.15, 0.2) is 0 Å². The van der Waals surface area contributed by atoms with Gasteiger partial charge in [-0.1, -0.05) is 37.3 Å². The van der Waals surface area contributed by atoms with Gasteiger partial charge in [-0.15, -0.1) is 0 Å². The van der Waals surface area contributed by atoms with Crippen molar-refractivity contribution in [1.82, 2.24) is 5.32 Å². The lowest BCUT2D eigenvalue weighted by Gasteiger charge is -2.24. The predicted octanol–water partition coefficient (Wildman–Crippen LogP) is 2.12. The predicted molar refractivity (Wildman–Crippen MR) is 78.6 cm³/mol. The zero-order chi connectivity index (χ0) is 13.6. The van der Waals surface area contributed by atoms with Crippen LogP contribution in [0.5, 0.6) is 0 Å². The number of rotatable bonds is 6. The van der Waals surface area contributed by atoms with Gasteiger partial charge in [0.05, 0.1) is 0 Å². The van der Waals surface area contributed by atoms with Gasteiger partial charge in [0, 0.05) is 11.8 Å². The Kier molecular flexibility index (Phi) is 5.69. The highest BCUT2D eigenvalue weighted by Crippen LogP contribution is 2.17. The lowest BCUT2D eigenvalue weighted by molar-refractivity contribution is -0.126. The van der Waals surface area contributed by atoms with E-state index in [9.17, 15) is 4.79 Å². The largest absolute Gasteiger partial charge is 0.354 e. The molecule has 0 saturated heterocycles. The molecule has 1 aromatic rings. The molecule has 0 fully saturated rings. The van der Waals surface area contributed by atoms with E-state index in [1.807, 2.05) is 30.3 Å². The third-order valence-corrected chi connectivity index (χ3v) is 4.12. The fraction of sp³-hybridized carbons (Fsp3) is 0.500. The van der Waals surface area contributed by atoms with Gasteiger partial charge in [0.2, 0.25) is 5.91 Å². The maximum atomic E-state index is 12.1. The maximum absolute atomic E-state index is 12.1. The number of carbonyl (C=O) groups excluding carboxylic acids is 1. The molecule has 0 bridgehead atoms. The van der Waals surface area contributed by atoms with Gasteiger partial charge in [-0.25, -0.2) is 0 Å². The van der Waals surface area contributed by atoms with Crippen molar-refractivity contribution in [2.24, 2.45) is 5.73 Å². The van der Waals surface area contributed by atoms with E-state index >= 15 is 0 Å². The van der Waals surface area contributed by atoms with Crippen molar-refractivity contribution in [2.75, 3.05) is 12.8 Å². The molecular weight excluding hydrogens is 244 g/mol. The fourth-order valence-corrected chi connectivity index (χ4v) is 1.96. The molecule has 0 heterocycles. The molecule has 0 aromatic heterocycles. The van der Waals surface area contributed by atoms with Gasteiger partial charge >= 0.3 is 0 Å². The van der Waals surface area contributed by atoms with Gasteiger partial charge < -0.3 is 11.1 Å². The van der Waals surface area contributed by atoms with Crippen molar-refractivity contribution < 1.29 is 4.79 Å². The molecular formula is C14H22N2OS. The van der Waals surface area contributed by atoms with Gasteiger partial charge in [-0.3, -0.25) is 4.79 Å². The van der Waals surface area contributed by atoms with Crippen LogP contribution in [0.4, 0.5) is 0 Å². The second-order valence-corrected chi connectivity index (χ2v) is 5.94. The summed E-state index contributed by atoms with van der Waals surface area (Å²) in [6.45, 7) is 4.56. The Bertz CT molecular complexity index is 379. The molecule has 1 rings (SSSR count). The normalized spacial score (nSPS) is 15.8. The van der Waals surface area contributed by atoms with Crippen LogP contribution in [0.2, 0.25) is 0 Å². The van der Waals surface area contributed by atoms with E-state index in [4.69, 9.17) is 5.73 Å². The third-order valence-electron chi connectivity index (χ3n) is 3.08. The molecule has 0 radical (unpaired) electrons. The molecule has 0 spiro atoms. The smallest absolute Gasteiger partial charge is 0.244 e. The first-order valence-corrected chi connectivity index (χ1v) is 7.42. The summed E-state index contributed by atoms with van der Waals surface area (Å²) in [7, 11) is 0. The first kappa shape index (κ1) is 15.1. The third kappa shape index (κ3) is 4.03. The highest BCUT2D eigenvalue weighted by Gasteiger charge is 2.29. The molecule has 0 aliphatic carbocycles. The van der Waals surface area contributed by atoms with Crippen molar-refractivity contribution in [3.8, 4) is 0 Å². The summed E-state index contributed by atoms with van der Waals surface area (Å²) in [5.41, 5.74) is 5.98. The Hall–Kier alpha value is -1.00. The molecule has 3 nitrogen and oxygen atoms in total. The lowest BCUT2D eigenvalue weighted by atomic mass is 9.92. The van der Waals surface area contributed by atoms with Crippen LogP contribution in [-0.4, -0.2) is 24.0 Å². The summed E-state index contributed by atoms with van der Waals surface area (Å²) in [4.78, 5) is 12.1. The summed E-state index contributed by atoms with van der Waals surface area (Å²) in [5, 5.41) is 3.46. The monoisotopic (exact) mass is 266 g/mol. The van der Waals surface area contributed by atoms with Gasteiger partial charge in [-0.05, 0) is 25.2 Å². The minimum absolute atomic E-state index is 0.123. The maximum Gasteiger partial charge on any atom is 0.244 e. The average molecular weight is 266 g/mol. The molecule has 0 saturated carbocycles. The summed E-state index contributed by atoms with van der Waals surface area (Å²) in [6.07, 6.45) is 3.03. The molecule has 0 aliphatic heterocycles. The standard InChI is InChI=1S/C14H22N2OS/c1-11(18-3)9-10-16-13(17)14(2,15)12-7-5-4-6-8-12/h4-8,11H,9-10,15H2,1-3H3,(H,16,17). The number of benzene rings is 1. The van der Waals surface area contributed by atoms with E-state index in [-0.39, 0.29) is 5.91 Å². The van der Waals surface area contributed by atoms with Crippen LogP contribution in [0.25, 0.3) is 0 Å². The zero-order valence-corrected chi connectivity index (χ0v) is 12.1. The van der Waals surface area contributed by atoms with Gasteiger partial charge in [-0.2, -0.15) is 11.8 Å². The quantitative estimate of drug-likeness (QED) is 0.829. The first-order valence-electron chi connectivity index (χ1n) is 6.14. The summed E-state index contributed by atoms with van der Waals surface area (Å²) in [5.74, 6) is -0.123. The highest BCUT2D eigenvalue weighted by atomic mass is 32.2. The molecule has 3 N–H and O–H groups in total. The number of nitrogens with two attached hydrogens (primary N) is 1. The molecule has 4 heteroatoms. The van der Waals surface area contributed by atoms with Crippen molar-refractivity contribution in [2.45, 2.75) is 31.1 Å². The number of carbonyl (C=O) groups is 1. The van der Waals surface area contributed by atoms with E-state index in [0.717, 1.165) is 12.0 Å².